The Morgan fingerprint density at radius 1 is 1.28 bits per heavy atom. The van der Waals surface area contributed by atoms with Gasteiger partial charge in [-0.15, -0.1) is 11.3 Å². The van der Waals surface area contributed by atoms with E-state index in [1.807, 2.05) is 5.38 Å². The molecule has 0 aromatic carbocycles. The lowest BCUT2D eigenvalue weighted by Gasteiger charge is -2.14. The molecule has 2 aromatic heterocycles. The summed E-state index contributed by atoms with van der Waals surface area (Å²) in [5, 5.41) is 8.32. The first kappa shape index (κ1) is 13.5. The number of rotatable bonds is 4. The minimum atomic E-state index is -0.00364. The van der Waals surface area contributed by atoms with E-state index in [0.29, 0.717) is 6.54 Å². The molecule has 0 amide bonds. The Morgan fingerprint density at radius 2 is 2.06 bits per heavy atom. The van der Waals surface area contributed by atoms with E-state index in [1.54, 1.807) is 11.3 Å². The van der Waals surface area contributed by atoms with Gasteiger partial charge in [0.25, 0.3) is 0 Å². The van der Waals surface area contributed by atoms with Gasteiger partial charge in [0.1, 0.15) is 5.01 Å². The second kappa shape index (κ2) is 5.34. The Hall–Kier alpha value is -0.980. The first-order valence-electron chi connectivity index (χ1n) is 5.77. The second-order valence-corrected chi connectivity index (χ2v) is 6.94. The van der Waals surface area contributed by atoms with E-state index in [1.165, 1.54) is 11.3 Å². The molecule has 2 heterocycles. The molecular formula is C12H17N3OS2. The number of H-pyrrole nitrogens is 1. The summed E-state index contributed by atoms with van der Waals surface area (Å²) in [5.74, 6) is 0. The number of nitrogens with zero attached hydrogens (tertiary/aromatic N) is 1. The van der Waals surface area contributed by atoms with Crippen molar-refractivity contribution in [1.29, 1.82) is 0 Å². The first-order valence-corrected chi connectivity index (χ1v) is 7.53. The molecule has 98 valence electrons. The summed E-state index contributed by atoms with van der Waals surface area (Å²) in [4.78, 5) is 18.3. The third kappa shape index (κ3) is 3.51. The van der Waals surface area contributed by atoms with Crippen LogP contribution in [-0.2, 0) is 18.5 Å². The molecule has 2 aromatic rings. The van der Waals surface area contributed by atoms with Crippen LogP contribution in [0.5, 0.6) is 0 Å². The first-order chi connectivity index (χ1) is 8.45. The summed E-state index contributed by atoms with van der Waals surface area (Å²) in [5.41, 5.74) is 2.17. The molecule has 0 aliphatic heterocycles. The van der Waals surface area contributed by atoms with Gasteiger partial charge in [0.05, 0.1) is 5.69 Å². The predicted molar refractivity (Wildman–Crippen MR) is 76.3 cm³/mol. The maximum Gasteiger partial charge on any atom is 0.304 e. The van der Waals surface area contributed by atoms with Crippen molar-refractivity contribution in [2.75, 3.05) is 0 Å². The van der Waals surface area contributed by atoms with E-state index in [9.17, 15) is 4.79 Å². The van der Waals surface area contributed by atoms with Gasteiger partial charge < -0.3 is 10.3 Å². The summed E-state index contributed by atoms with van der Waals surface area (Å²) in [6.45, 7) is 7.89. The summed E-state index contributed by atoms with van der Waals surface area (Å²) < 4.78 is 0. The Morgan fingerprint density at radius 3 is 2.61 bits per heavy atom. The van der Waals surface area contributed by atoms with Gasteiger partial charge in [-0.2, -0.15) is 0 Å². The van der Waals surface area contributed by atoms with Crippen LogP contribution in [0.3, 0.4) is 0 Å². The highest BCUT2D eigenvalue weighted by atomic mass is 32.1. The molecule has 0 spiro atoms. The van der Waals surface area contributed by atoms with Crippen LogP contribution in [0.15, 0.2) is 15.6 Å². The zero-order valence-corrected chi connectivity index (χ0v) is 12.4. The number of aromatic amines is 1. The maximum atomic E-state index is 11.0. The Balaban J connectivity index is 1.87. The lowest BCUT2D eigenvalue weighted by atomic mass is 9.93. The molecular weight excluding hydrogens is 266 g/mol. The molecule has 0 saturated carbocycles. The van der Waals surface area contributed by atoms with E-state index in [0.717, 1.165) is 22.9 Å². The van der Waals surface area contributed by atoms with Crippen molar-refractivity contribution in [3.8, 4) is 0 Å². The van der Waals surface area contributed by atoms with Crippen LogP contribution in [0.4, 0.5) is 0 Å². The number of hydrogen-bond acceptors (Lipinski definition) is 5. The highest BCUT2D eigenvalue weighted by Gasteiger charge is 2.17. The molecule has 0 atom stereocenters. The SMILES string of the molecule is CC(C)(C)c1csc(CNCc2csc(=O)[nH]2)n1. The van der Waals surface area contributed by atoms with Crippen molar-refractivity contribution in [3.05, 3.63) is 36.8 Å². The van der Waals surface area contributed by atoms with Crippen LogP contribution in [0.1, 0.15) is 37.2 Å². The highest BCUT2D eigenvalue weighted by molar-refractivity contribution is 7.09. The van der Waals surface area contributed by atoms with Crippen LogP contribution >= 0.6 is 22.7 Å². The van der Waals surface area contributed by atoms with Crippen molar-refractivity contribution in [2.45, 2.75) is 39.3 Å². The molecule has 0 unspecified atom stereocenters. The number of thiazole rings is 2. The monoisotopic (exact) mass is 283 g/mol. The lowest BCUT2D eigenvalue weighted by Crippen LogP contribution is -2.15. The summed E-state index contributed by atoms with van der Waals surface area (Å²) >= 11 is 2.87. The van der Waals surface area contributed by atoms with Gasteiger partial charge >= 0.3 is 4.87 Å². The van der Waals surface area contributed by atoms with Crippen molar-refractivity contribution >= 4 is 22.7 Å². The van der Waals surface area contributed by atoms with Crippen LogP contribution in [0, 0.1) is 0 Å². The van der Waals surface area contributed by atoms with Crippen molar-refractivity contribution < 1.29 is 0 Å². The minimum Gasteiger partial charge on any atom is -0.315 e. The quantitative estimate of drug-likeness (QED) is 0.906. The van der Waals surface area contributed by atoms with Gasteiger partial charge in [-0.25, -0.2) is 4.98 Å². The smallest absolute Gasteiger partial charge is 0.304 e. The van der Waals surface area contributed by atoms with E-state index in [-0.39, 0.29) is 10.3 Å². The fourth-order valence-electron chi connectivity index (χ4n) is 1.44. The average molecular weight is 283 g/mol. The van der Waals surface area contributed by atoms with Gasteiger partial charge in [-0.05, 0) is 0 Å². The molecule has 2 N–H and O–H groups in total. The van der Waals surface area contributed by atoms with Crippen molar-refractivity contribution in [2.24, 2.45) is 0 Å². The Bertz CT molecular complexity index is 562. The van der Waals surface area contributed by atoms with Crippen LogP contribution in [0.25, 0.3) is 0 Å². The number of hydrogen-bond donors (Lipinski definition) is 2. The van der Waals surface area contributed by atoms with E-state index >= 15 is 0 Å². The summed E-state index contributed by atoms with van der Waals surface area (Å²) in [6, 6.07) is 0. The summed E-state index contributed by atoms with van der Waals surface area (Å²) in [6.07, 6.45) is 0. The van der Waals surface area contributed by atoms with Crippen LogP contribution in [0.2, 0.25) is 0 Å². The molecule has 6 heteroatoms. The van der Waals surface area contributed by atoms with E-state index in [4.69, 9.17) is 0 Å². The Kier molecular flexibility index (Phi) is 3.99. The summed E-state index contributed by atoms with van der Waals surface area (Å²) in [7, 11) is 0. The molecule has 0 fully saturated rings. The molecule has 4 nitrogen and oxygen atoms in total. The third-order valence-electron chi connectivity index (χ3n) is 2.48. The third-order valence-corrected chi connectivity index (χ3v) is 4.05. The maximum absolute atomic E-state index is 11.0. The standard InChI is InChI=1S/C12H17N3OS2/c1-12(2,3)9-7-17-10(15-9)5-13-4-8-6-18-11(16)14-8/h6-7,13H,4-5H2,1-3H3,(H,14,16). The van der Waals surface area contributed by atoms with E-state index < -0.39 is 0 Å². The van der Waals surface area contributed by atoms with Gasteiger partial charge in [0.15, 0.2) is 0 Å². The van der Waals surface area contributed by atoms with Crippen LogP contribution < -0.4 is 10.2 Å². The minimum absolute atomic E-state index is 0.00364. The van der Waals surface area contributed by atoms with Gasteiger partial charge in [0.2, 0.25) is 0 Å². The van der Waals surface area contributed by atoms with Gasteiger partial charge in [-0.3, -0.25) is 4.79 Å². The van der Waals surface area contributed by atoms with Crippen molar-refractivity contribution in [3.63, 3.8) is 0 Å². The molecule has 0 aliphatic carbocycles. The highest BCUT2D eigenvalue weighted by Crippen LogP contribution is 2.23. The number of aromatic nitrogens is 2. The second-order valence-electron chi connectivity index (χ2n) is 5.15. The van der Waals surface area contributed by atoms with Gasteiger partial charge in [0, 0.05) is 35.0 Å². The molecule has 18 heavy (non-hydrogen) atoms. The fourth-order valence-corrected chi connectivity index (χ4v) is 3.01. The fraction of sp³-hybridized carbons (Fsp3) is 0.500. The van der Waals surface area contributed by atoms with Crippen LogP contribution in [-0.4, -0.2) is 9.97 Å². The molecule has 0 radical (unpaired) electrons. The zero-order valence-electron chi connectivity index (χ0n) is 10.7. The molecule has 2 rings (SSSR count). The lowest BCUT2D eigenvalue weighted by molar-refractivity contribution is 0.568. The average Bonchev–Trinajstić information content (AvgIpc) is 2.87. The van der Waals surface area contributed by atoms with Crippen molar-refractivity contribution in [1.82, 2.24) is 15.3 Å². The largest absolute Gasteiger partial charge is 0.315 e. The normalized spacial score (nSPS) is 11.9. The zero-order chi connectivity index (χ0) is 13.2. The molecule has 0 saturated heterocycles. The predicted octanol–water partition coefficient (Wildman–Crippen LogP) is 2.48. The Labute approximate surface area is 114 Å². The van der Waals surface area contributed by atoms with E-state index in [2.05, 4.69) is 41.4 Å². The molecule has 0 bridgehead atoms. The van der Waals surface area contributed by atoms with Gasteiger partial charge in [-0.1, -0.05) is 32.1 Å². The molecule has 0 aliphatic rings. The topological polar surface area (TPSA) is 57.8 Å². The number of nitrogens with one attached hydrogen (secondary N) is 2.